The highest BCUT2D eigenvalue weighted by Gasteiger charge is 2.28. The molecule has 12 heavy (non-hydrogen) atoms. The lowest BCUT2D eigenvalue weighted by molar-refractivity contribution is 0.471. The number of nitrogens with one attached hydrogen (secondary N) is 1. The van der Waals surface area contributed by atoms with Gasteiger partial charge in [-0.1, -0.05) is 0 Å². The Bertz CT molecular complexity index is 247. The van der Waals surface area contributed by atoms with E-state index in [0.717, 1.165) is 6.08 Å². The van der Waals surface area contributed by atoms with Crippen LogP contribution in [0, 0.1) is 0 Å². The van der Waals surface area contributed by atoms with Gasteiger partial charge in [0.05, 0.1) is 6.04 Å². The van der Waals surface area contributed by atoms with Gasteiger partial charge in [0.25, 0.3) is 0 Å². The van der Waals surface area contributed by atoms with E-state index in [4.69, 9.17) is 0 Å². The highest BCUT2D eigenvalue weighted by atomic mass is 32.1. The first-order valence-corrected chi connectivity index (χ1v) is 4.18. The third kappa shape index (κ3) is 1.54. The van der Waals surface area contributed by atoms with Crippen molar-refractivity contribution in [2.75, 3.05) is 7.05 Å². The predicted octanol–water partition coefficient (Wildman–Crippen LogP) is 1.98. The summed E-state index contributed by atoms with van der Waals surface area (Å²) in [4.78, 5) is 0. The van der Waals surface area contributed by atoms with Crippen molar-refractivity contribution >= 4 is 12.6 Å². The van der Waals surface area contributed by atoms with E-state index in [9.17, 15) is 8.78 Å². The second-order valence-electron chi connectivity index (χ2n) is 2.77. The Labute approximate surface area is 75.9 Å². The van der Waals surface area contributed by atoms with Crippen LogP contribution in [0.2, 0.25) is 0 Å². The third-order valence-electron chi connectivity index (χ3n) is 2.01. The van der Waals surface area contributed by atoms with E-state index in [2.05, 4.69) is 17.9 Å². The fourth-order valence-electron chi connectivity index (χ4n) is 1.16. The molecular weight excluding hydrogens is 180 g/mol. The molecule has 0 bridgehead atoms. The van der Waals surface area contributed by atoms with E-state index < -0.39 is 22.9 Å². The molecule has 1 rings (SSSR count). The molecule has 1 nitrogen and oxygen atoms in total. The van der Waals surface area contributed by atoms with Crippen LogP contribution in [0.15, 0.2) is 23.3 Å². The lowest BCUT2D eigenvalue weighted by atomic mass is 9.99. The van der Waals surface area contributed by atoms with Crippen molar-refractivity contribution in [2.24, 2.45) is 0 Å². The van der Waals surface area contributed by atoms with Gasteiger partial charge in [-0.25, -0.2) is 8.78 Å². The standard InChI is InChI=1S/C8H11F2NS/c1-4-5(9)3-6(10)7(11-2)8(4)12/h3,7-8,11-12H,1-2H3. The molecule has 68 valence electrons. The number of hydrogen-bond acceptors (Lipinski definition) is 2. The van der Waals surface area contributed by atoms with Gasteiger partial charge >= 0.3 is 0 Å². The van der Waals surface area contributed by atoms with Crippen LogP contribution in [-0.4, -0.2) is 18.3 Å². The van der Waals surface area contributed by atoms with Gasteiger partial charge in [0, 0.05) is 11.3 Å². The number of hydrogen-bond donors (Lipinski definition) is 2. The van der Waals surface area contributed by atoms with Crippen LogP contribution < -0.4 is 5.32 Å². The van der Waals surface area contributed by atoms with Crippen LogP contribution in [0.5, 0.6) is 0 Å². The predicted molar refractivity (Wildman–Crippen MR) is 48.6 cm³/mol. The van der Waals surface area contributed by atoms with Gasteiger partial charge < -0.3 is 5.32 Å². The summed E-state index contributed by atoms with van der Waals surface area (Å²) in [7, 11) is 1.62. The number of rotatable bonds is 1. The van der Waals surface area contributed by atoms with E-state index >= 15 is 0 Å². The van der Waals surface area contributed by atoms with Crippen molar-refractivity contribution in [2.45, 2.75) is 18.2 Å². The zero-order chi connectivity index (χ0) is 9.30. The van der Waals surface area contributed by atoms with Crippen molar-refractivity contribution in [3.8, 4) is 0 Å². The molecule has 0 aromatic carbocycles. The Morgan fingerprint density at radius 3 is 2.58 bits per heavy atom. The van der Waals surface area contributed by atoms with Gasteiger partial charge in [-0.15, -0.1) is 0 Å². The van der Waals surface area contributed by atoms with Crippen molar-refractivity contribution in [3.63, 3.8) is 0 Å². The Hall–Kier alpha value is -0.350. The van der Waals surface area contributed by atoms with Crippen LogP contribution in [0.1, 0.15) is 6.92 Å². The largest absolute Gasteiger partial charge is 0.310 e. The lowest BCUT2D eigenvalue weighted by Crippen LogP contribution is -2.37. The summed E-state index contributed by atoms with van der Waals surface area (Å²) in [6.45, 7) is 1.61. The molecule has 2 atom stereocenters. The van der Waals surface area contributed by atoms with Gasteiger partial charge in [0.15, 0.2) is 0 Å². The minimum atomic E-state index is -0.515. The van der Waals surface area contributed by atoms with Gasteiger partial charge in [-0.2, -0.15) is 12.6 Å². The van der Waals surface area contributed by atoms with Gasteiger partial charge in [-0.3, -0.25) is 0 Å². The molecule has 0 amide bonds. The molecule has 0 spiro atoms. The quantitative estimate of drug-likeness (QED) is 0.604. The molecule has 0 aliphatic heterocycles. The third-order valence-corrected chi connectivity index (χ3v) is 2.69. The second-order valence-corrected chi connectivity index (χ2v) is 3.33. The highest BCUT2D eigenvalue weighted by molar-refractivity contribution is 7.81. The van der Waals surface area contributed by atoms with Gasteiger partial charge in [0.2, 0.25) is 0 Å². The zero-order valence-electron chi connectivity index (χ0n) is 6.94. The molecule has 0 heterocycles. The molecule has 0 fully saturated rings. The van der Waals surface area contributed by atoms with Crippen molar-refractivity contribution in [1.29, 1.82) is 0 Å². The molecule has 4 heteroatoms. The molecule has 0 aromatic heterocycles. The first-order chi connectivity index (χ1) is 5.57. The summed E-state index contributed by atoms with van der Waals surface area (Å²) in [5.41, 5.74) is 0.471. The van der Waals surface area contributed by atoms with Crippen molar-refractivity contribution in [3.05, 3.63) is 23.3 Å². The molecule has 0 saturated heterocycles. The molecule has 1 aliphatic carbocycles. The van der Waals surface area contributed by atoms with Gasteiger partial charge in [-0.05, 0) is 19.5 Å². The van der Waals surface area contributed by atoms with Crippen LogP contribution in [0.4, 0.5) is 8.78 Å². The van der Waals surface area contributed by atoms with Crippen LogP contribution in [0.3, 0.4) is 0 Å². The fourth-order valence-corrected chi connectivity index (χ4v) is 1.58. The first-order valence-electron chi connectivity index (χ1n) is 3.66. The smallest absolute Gasteiger partial charge is 0.125 e. The molecular formula is C8H11F2NS. The zero-order valence-corrected chi connectivity index (χ0v) is 7.83. The fraction of sp³-hybridized carbons (Fsp3) is 0.500. The summed E-state index contributed by atoms with van der Waals surface area (Å²) in [5, 5.41) is 2.32. The van der Waals surface area contributed by atoms with Crippen LogP contribution in [0.25, 0.3) is 0 Å². The maximum absolute atomic E-state index is 13.0. The minimum absolute atomic E-state index is 0.417. The van der Waals surface area contributed by atoms with Gasteiger partial charge in [0.1, 0.15) is 11.7 Å². The maximum atomic E-state index is 13.0. The molecule has 1 aliphatic rings. The summed E-state index contributed by atoms with van der Waals surface area (Å²) in [5.74, 6) is -1.01. The van der Waals surface area contributed by atoms with E-state index in [-0.39, 0.29) is 0 Å². The van der Waals surface area contributed by atoms with Crippen LogP contribution in [-0.2, 0) is 0 Å². The monoisotopic (exact) mass is 191 g/mol. The van der Waals surface area contributed by atoms with E-state index in [1.165, 1.54) is 0 Å². The van der Waals surface area contributed by atoms with Crippen LogP contribution >= 0.6 is 12.6 Å². The van der Waals surface area contributed by atoms with Crippen molar-refractivity contribution in [1.82, 2.24) is 5.32 Å². The van der Waals surface area contributed by atoms with Crippen molar-refractivity contribution < 1.29 is 8.78 Å². The second kappa shape index (κ2) is 3.58. The number of halogens is 2. The summed E-state index contributed by atoms with van der Waals surface area (Å²) in [6.07, 6.45) is 0.906. The Morgan fingerprint density at radius 1 is 1.50 bits per heavy atom. The Kier molecular flexibility index (Phi) is 2.90. The summed E-state index contributed by atoms with van der Waals surface area (Å²) < 4.78 is 25.9. The van der Waals surface area contributed by atoms with E-state index in [1.807, 2.05) is 0 Å². The molecule has 0 radical (unpaired) electrons. The molecule has 2 unspecified atom stereocenters. The average Bonchev–Trinajstić information content (AvgIpc) is 2.01. The minimum Gasteiger partial charge on any atom is -0.310 e. The molecule has 1 N–H and O–H groups in total. The number of likely N-dealkylation sites (N-methyl/N-ethyl adjacent to an activating group) is 1. The highest BCUT2D eigenvalue weighted by Crippen LogP contribution is 2.29. The topological polar surface area (TPSA) is 12.0 Å². The summed E-state index contributed by atoms with van der Waals surface area (Å²) in [6, 6.07) is -0.507. The first kappa shape index (κ1) is 9.74. The van der Waals surface area contributed by atoms with E-state index in [1.54, 1.807) is 14.0 Å². The Morgan fingerprint density at radius 2 is 2.08 bits per heavy atom. The normalized spacial score (nSPS) is 30.6. The molecule has 0 aromatic rings. The molecule has 0 saturated carbocycles. The average molecular weight is 191 g/mol. The Balaban J connectivity index is 2.98. The number of thiol groups is 1. The number of allylic oxidation sites excluding steroid dienone is 2. The SMILES string of the molecule is CNC1C(F)=CC(F)=C(C)C1S. The summed E-state index contributed by atoms with van der Waals surface area (Å²) >= 11 is 4.11. The maximum Gasteiger partial charge on any atom is 0.125 e. The lowest BCUT2D eigenvalue weighted by Gasteiger charge is -2.25. The van der Waals surface area contributed by atoms with E-state index in [0.29, 0.717) is 5.57 Å².